The highest BCUT2D eigenvalue weighted by molar-refractivity contribution is 5.45. The Hall–Kier alpha value is -1.16. The minimum atomic E-state index is 0.666. The van der Waals surface area contributed by atoms with E-state index in [1.54, 1.807) is 6.33 Å². The maximum absolute atomic E-state index is 4.50. The molecule has 0 amide bonds. The van der Waals surface area contributed by atoms with Crippen LogP contribution in [0.15, 0.2) is 12.5 Å². The van der Waals surface area contributed by atoms with Crippen LogP contribution in [-0.2, 0) is 6.54 Å². The Morgan fingerprint density at radius 2 is 2.06 bits per heavy atom. The predicted molar refractivity (Wildman–Crippen MR) is 72.6 cm³/mol. The third-order valence-corrected chi connectivity index (χ3v) is 4.13. The van der Waals surface area contributed by atoms with Gasteiger partial charge in [0.15, 0.2) is 0 Å². The smallest absolute Gasteiger partial charge is 0.136 e. The molecule has 2 aliphatic carbocycles. The molecule has 0 radical (unpaired) electrons. The molecule has 0 unspecified atom stereocenters. The molecule has 98 valence electrons. The monoisotopic (exact) mass is 246 g/mol. The zero-order chi connectivity index (χ0) is 12.4. The third-order valence-electron chi connectivity index (χ3n) is 4.13. The molecule has 0 aromatic carbocycles. The van der Waals surface area contributed by atoms with Crippen LogP contribution in [0, 0.1) is 0 Å². The molecule has 0 atom stereocenters. The maximum atomic E-state index is 4.50. The molecule has 2 fully saturated rings. The second kappa shape index (κ2) is 5.22. The molecule has 1 N–H and O–H groups in total. The van der Waals surface area contributed by atoms with Crippen molar-refractivity contribution < 1.29 is 0 Å². The average molecular weight is 246 g/mol. The first-order valence-corrected chi connectivity index (χ1v) is 7.09. The lowest BCUT2D eigenvalue weighted by Crippen LogP contribution is -2.31. The van der Waals surface area contributed by atoms with Crippen LogP contribution < -0.4 is 10.2 Å². The van der Waals surface area contributed by atoms with Crippen LogP contribution in [0.25, 0.3) is 0 Å². The Morgan fingerprint density at radius 1 is 1.28 bits per heavy atom. The van der Waals surface area contributed by atoms with Gasteiger partial charge in [-0.05, 0) is 25.7 Å². The molecule has 0 bridgehead atoms. The van der Waals surface area contributed by atoms with Gasteiger partial charge >= 0.3 is 0 Å². The van der Waals surface area contributed by atoms with Gasteiger partial charge in [0.2, 0.25) is 0 Å². The first kappa shape index (κ1) is 11.9. The van der Waals surface area contributed by atoms with Gasteiger partial charge in [0.1, 0.15) is 12.1 Å². The molecule has 4 nitrogen and oxygen atoms in total. The minimum Gasteiger partial charge on any atom is -0.356 e. The SMILES string of the molecule is CN(c1ncncc1CNC1CC1)C1CCCC1. The number of nitrogens with zero attached hydrogens (tertiary/aromatic N) is 3. The van der Waals surface area contributed by atoms with E-state index < -0.39 is 0 Å². The summed E-state index contributed by atoms with van der Waals surface area (Å²) < 4.78 is 0. The second-order valence-corrected chi connectivity index (χ2v) is 5.58. The Labute approximate surface area is 109 Å². The molecule has 18 heavy (non-hydrogen) atoms. The largest absolute Gasteiger partial charge is 0.356 e. The summed E-state index contributed by atoms with van der Waals surface area (Å²) in [6, 6.07) is 1.40. The highest BCUT2D eigenvalue weighted by Gasteiger charge is 2.24. The zero-order valence-corrected chi connectivity index (χ0v) is 11.1. The van der Waals surface area contributed by atoms with E-state index in [4.69, 9.17) is 0 Å². The Kier molecular flexibility index (Phi) is 3.46. The van der Waals surface area contributed by atoms with Gasteiger partial charge in [0.25, 0.3) is 0 Å². The summed E-state index contributed by atoms with van der Waals surface area (Å²) in [5.41, 5.74) is 1.24. The molecule has 0 saturated heterocycles. The van der Waals surface area contributed by atoms with Crippen LogP contribution in [-0.4, -0.2) is 29.1 Å². The van der Waals surface area contributed by atoms with E-state index in [2.05, 4.69) is 27.2 Å². The highest BCUT2D eigenvalue weighted by Crippen LogP contribution is 2.28. The number of hydrogen-bond acceptors (Lipinski definition) is 4. The first-order chi connectivity index (χ1) is 8.84. The van der Waals surface area contributed by atoms with Gasteiger partial charge in [-0.15, -0.1) is 0 Å². The molecule has 4 heteroatoms. The lowest BCUT2D eigenvalue weighted by atomic mass is 10.2. The second-order valence-electron chi connectivity index (χ2n) is 5.58. The number of nitrogens with one attached hydrogen (secondary N) is 1. The van der Waals surface area contributed by atoms with Crippen molar-refractivity contribution in [3.05, 3.63) is 18.1 Å². The molecule has 2 aliphatic rings. The molecule has 1 aromatic heterocycles. The standard InChI is InChI=1S/C14H22N4/c1-18(13-4-2-3-5-13)14-11(8-15-10-17-14)9-16-12-6-7-12/h8,10,12-13,16H,2-7,9H2,1H3. The van der Waals surface area contributed by atoms with E-state index >= 15 is 0 Å². The molecule has 2 saturated carbocycles. The average Bonchev–Trinajstić information content (AvgIpc) is 3.08. The number of anilines is 1. The van der Waals surface area contributed by atoms with Crippen molar-refractivity contribution in [1.29, 1.82) is 0 Å². The first-order valence-electron chi connectivity index (χ1n) is 7.09. The van der Waals surface area contributed by atoms with Crippen molar-refractivity contribution >= 4 is 5.82 Å². The van der Waals surface area contributed by atoms with Crippen LogP contribution in [0.3, 0.4) is 0 Å². The summed E-state index contributed by atoms with van der Waals surface area (Å²) in [6.45, 7) is 0.901. The van der Waals surface area contributed by atoms with Crippen molar-refractivity contribution in [3.63, 3.8) is 0 Å². The summed E-state index contributed by atoms with van der Waals surface area (Å²) in [6.07, 6.45) is 11.6. The fourth-order valence-corrected chi connectivity index (χ4v) is 2.80. The van der Waals surface area contributed by atoms with Gasteiger partial charge in [-0.3, -0.25) is 0 Å². The number of rotatable bonds is 5. The van der Waals surface area contributed by atoms with E-state index in [9.17, 15) is 0 Å². The summed E-state index contributed by atoms with van der Waals surface area (Å²) in [4.78, 5) is 11.0. The molecule has 3 rings (SSSR count). The fourth-order valence-electron chi connectivity index (χ4n) is 2.80. The Balaban J connectivity index is 1.71. The van der Waals surface area contributed by atoms with Gasteiger partial charge in [0.05, 0.1) is 0 Å². The summed E-state index contributed by atoms with van der Waals surface area (Å²) in [5.74, 6) is 1.12. The van der Waals surface area contributed by atoms with E-state index in [0.29, 0.717) is 6.04 Å². The lowest BCUT2D eigenvalue weighted by Gasteiger charge is -2.27. The van der Waals surface area contributed by atoms with Crippen LogP contribution in [0.2, 0.25) is 0 Å². The molecule has 1 aromatic rings. The van der Waals surface area contributed by atoms with Crippen LogP contribution >= 0.6 is 0 Å². The van der Waals surface area contributed by atoms with Crippen molar-refractivity contribution in [1.82, 2.24) is 15.3 Å². The molecule has 1 heterocycles. The summed E-state index contributed by atoms with van der Waals surface area (Å²) in [5, 5.41) is 3.55. The van der Waals surface area contributed by atoms with Gasteiger partial charge in [-0.1, -0.05) is 12.8 Å². The van der Waals surface area contributed by atoms with Crippen molar-refractivity contribution in [2.24, 2.45) is 0 Å². The molecular weight excluding hydrogens is 224 g/mol. The molecule has 0 spiro atoms. The quantitative estimate of drug-likeness (QED) is 0.864. The fraction of sp³-hybridized carbons (Fsp3) is 0.714. The van der Waals surface area contributed by atoms with E-state index in [0.717, 1.165) is 18.4 Å². The van der Waals surface area contributed by atoms with Crippen LogP contribution in [0.1, 0.15) is 44.1 Å². The maximum Gasteiger partial charge on any atom is 0.136 e. The lowest BCUT2D eigenvalue weighted by molar-refractivity contribution is 0.631. The molecular formula is C14H22N4. The van der Waals surface area contributed by atoms with E-state index in [1.807, 2.05) is 6.20 Å². The summed E-state index contributed by atoms with van der Waals surface area (Å²) >= 11 is 0. The van der Waals surface area contributed by atoms with Crippen molar-refractivity contribution in [2.45, 2.75) is 57.2 Å². The van der Waals surface area contributed by atoms with Gasteiger partial charge in [-0.2, -0.15) is 0 Å². The Morgan fingerprint density at radius 3 is 2.78 bits per heavy atom. The van der Waals surface area contributed by atoms with Gasteiger partial charge < -0.3 is 10.2 Å². The van der Waals surface area contributed by atoms with Crippen LogP contribution in [0.4, 0.5) is 5.82 Å². The van der Waals surface area contributed by atoms with Crippen LogP contribution in [0.5, 0.6) is 0 Å². The van der Waals surface area contributed by atoms with E-state index in [-0.39, 0.29) is 0 Å². The zero-order valence-electron chi connectivity index (χ0n) is 11.1. The molecule has 0 aliphatic heterocycles. The normalized spacial score (nSPS) is 20.3. The Bertz CT molecular complexity index is 397. The topological polar surface area (TPSA) is 41.1 Å². The minimum absolute atomic E-state index is 0.666. The number of aromatic nitrogens is 2. The summed E-state index contributed by atoms with van der Waals surface area (Å²) in [7, 11) is 2.18. The van der Waals surface area contributed by atoms with Gasteiger partial charge in [-0.25, -0.2) is 9.97 Å². The third kappa shape index (κ3) is 2.64. The highest BCUT2D eigenvalue weighted by atomic mass is 15.2. The van der Waals surface area contributed by atoms with Crippen molar-refractivity contribution in [3.8, 4) is 0 Å². The van der Waals surface area contributed by atoms with Crippen molar-refractivity contribution in [2.75, 3.05) is 11.9 Å². The number of hydrogen-bond donors (Lipinski definition) is 1. The van der Waals surface area contributed by atoms with E-state index in [1.165, 1.54) is 44.1 Å². The predicted octanol–water partition coefficient (Wildman–Crippen LogP) is 2.11. The van der Waals surface area contributed by atoms with Gasteiger partial charge in [0, 0.05) is 37.4 Å².